The molecule has 0 aliphatic heterocycles. The zero-order valence-electron chi connectivity index (χ0n) is 13.3. The normalized spacial score (nSPS) is 10.6. The second-order valence-electron chi connectivity index (χ2n) is 5.02. The fourth-order valence-electron chi connectivity index (χ4n) is 1.85. The van der Waals surface area contributed by atoms with Gasteiger partial charge in [0, 0.05) is 32.3 Å². The predicted molar refractivity (Wildman–Crippen MR) is 90.4 cm³/mol. The van der Waals surface area contributed by atoms with E-state index in [-0.39, 0.29) is 11.8 Å². The molecule has 0 atom stereocenters. The van der Waals surface area contributed by atoms with Crippen LogP contribution in [0, 0.1) is 0 Å². The Morgan fingerprint density at radius 1 is 0.870 bits per heavy atom. The second kappa shape index (κ2) is 7.31. The Labute approximate surface area is 134 Å². The summed E-state index contributed by atoms with van der Waals surface area (Å²) in [4.78, 5) is 23.8. The van der Waals surface area contributed by atoms with Crippen LogP contribution in [0.4, 0.5) is 22.7 Å². The number of nitrogens with zero attached hydrogens (tertiary/aromatic N) is 3. The van der Waals surface area contributed by atoms with Gasteiger partial charge in [0.2, 0.25) is 11.8 Å². The van der Waals surface area contributed by atoms with Gasteiger partial charge in [0.25, 0.3) is 0 Å². The molecule has 0 unspecified atom stereocenters. The van der Waals surface area contributed by atoms with Crippen molar-refractivity contribution in [3.63, 3.8) is 0 Å². The van der Waals surface area contributed by atoms with Gasteiger partial charge in [0.05, 0.1) is 11.4 Å². The molecule has 118 valence electrons. The number of carbonyl (C=O) groups excluding carboxylic acids is 2. The van der Waals surface area contributed by atoms with Crippen LogP contribution in [0.15, 0.2) is 58.8 Å². The molecule has 0 saturated carbocycles. The topological polar surface area (TPSA) is 74.1 Å². The average molecular weight is 310 g/mol. The molecule has 0 bridgehead atoms. The molecule has 0 spiro atoms. The lowest BCUT2D eigenvalue weighted by Crippen LogP contribution is -2.22. The molecule has 0 saturated heterocycles. The third-order valence-corrected chi connectivity index (χ3v) is 3.18. The predicted octanol–water partition coefficient (Wildman–Crippen LogP) is 4.04. The third kappa shape index (κ3) is 4.74. The van der Waals surface area contributed by atoms with E-state index in [2.05, 4.69) is 15.5 Å². The van der Waals surface area contributed by atoms with Gasteiger partial charge < -0.3 is 10.2 Å². The molecular formula is C17H18N4O2. The maximum absolute atomic E-state index is 11.3. The van der Waals surface area contributed by atoms with E-state index in [4.69, 9.17) is 0 Å². The highest BCUT2D eigenvalue weighted by atomic mass is 16.2. The average Bonchev–Trinajstić information content (AvgIpc) is 2.53. The summed E-state index contributed by atoms with van der Waals surface area (Å²) in [6.45, 7) is 2.97. The van der Waals surface area contributed by atoms with Crippen LogP contribution in [0.25, 0.3) is 0 Å². The molecule has 2 aromatic carbocycles. The Morgan fingerprint density at radius 2 is 1.35 bits per heavy atom. The maximum atomic E-state index is 11.3. The van der Waals surface area contributed by atoms with E-state index < -0.39 is 0 Å². The minimum atomic E-state index is -0.116. The van der Waals surface area contributed by atoms with Gasteiger partial charge in [-0.25, -0.2) is 0 Å². The minimum Gasteiger partial charge on any atom is -0.326 e. The molecule has 1 N–H and O–H groups in total. The van der Waals surface area contributed by atoms with Crippen molar-refractivity contribution in [3.05, 3.63) is 48.5 Å². The fourth-order valence-corrected chi connectivity index (χ4v) is 1.85. The number of benzene rings is 2. The first-order valence-corrected chi connectivity index (χ1v) is 7.09. The van der Waals surface area contributed by atoms with Gasteiger partial charge in [0.15, 0.2) is 0 Å². The third-order valence-electron chi connectivity index (χ3n) is 3.18. The summed E-state index contributed by atoms with van der Waals surface area (Å²) in [6, 6.07) is 14.3. The number of nitrogens with one attached hydrogen (secondary N) is 1. The van der Waals surface area contributed by atoms with Crippen molar-refractivity contribution in [2.45, 2.75) is 13.8 Å². The Balaban J connectivity index is 2.05. The van der Waals surface area contributed by atoms with Crippen LogP contribution in [-0.2, 0) is 9.59 Å². The molecular weight excluding hydrogens is 292 g/mol. The van der Waals surface area contributed by atoms with E-state index in [1.165, 1.54) is 13.8 Å². The molecule has 0 heterocycles. The first kappa shape index (κ1) is 16.4. The molecule has 0 fully saturated rings. The largest absolute Gasteiger partial charge is 0.326 e. The Morgan fingerprint density at radius 3 is 1.78 bits per heavy atom. The lowest BCUT2D eigenvalue weighted by atomic mass is 10.2. The quantitative estimate of drug-likeness (QED) is 0.865. The summed E-state index contributed by atoms with van der Waals surface area (Å²) in [5.74, 6) is -0.145. The SMILES string of the molecule is CC(=O)Nc1ccc(N=Nc2ccc(N(C)C(C)=O)cc2)cc1. The van der Waals surface area contributed by atoms with E-state index >= 15 is 0 Å². The number of rotatable bonds is 4. The number of anilines is 2. The number of amides is 2. The Hall–Kier alpha value is -3.02. The molecule has 23 heavy (non-hydrogen) atoms. The molecule has 6 nitrogen and oxygen atoms in total. The molecule has 0 aliphatic carbocycles. The molecule has 0 radical (unpaired) electrons. The summed E-state index contributed by atoms with van der Waals surface area (Å²) in [7, 11) is 1.72. The highest BCUT2D eigenvalue weighted by Gasteiger charge is 2.04. The highest BCUT2D eigenvalue weighted by Crippen LogP contribution is 2.22. The van der Waals surface area contributed by atoms with Crippen molar-refractivity contribution in [1.82, 2.24) is 0 Å². The Kier molecular flexibility index (Phi) is 5.19. The van der Waals surface area contributed by atoms with Crippen LogP contribution < -0.4 is 10.2 Å². The minimum absolute atomic E-state index is 0.0290. The molecule has 0 aliphatic rings. The molecule has 6 heteroatoms. The fraction of sp³-hybridized carbons (Fsp3) is 0.176. The lowest BCUT2D eigenvalue weighted by molar-refractivity contribution is -0.116. The van der Waals surface area contributed by atoms with Crippen LogP contribution in [0.2, 0.25) is 0 Å². The number of carbonyl (C=O) groups is 2. The molecule has 2 amide bonds. The summed E-state index contributed by atoms with van der Waals surface area (Å²) < 4.78 is 0. The zero-order chi connectivity index (χ0) is 16.8. The van der Waals surface area contributed by atoms with E-state index in [1.807, 2.05) is 12.1 Å². The second-order valence-corrected chi connectivity index (χ2v) is 5.02. The van der Waals surface area contributed by atoms with Crippen molar-refractivity contribution in [3.8, 4) is 0 Å². The number of azo groups is 1. The van der Waals surface area contributed by atoms with Gasteiger partial charge >= 0.3 is 0 Å². The molecule has 0 aromatic heterocycles. The summed E-state index contributed by atoms with van der Waals surface area (Å²) in [5, 5.41) is 11.0. The summed E-state index contributed by atoms with van der Waals surface area (Å²) >= 11 is 0. The monoisotopic (exact) mass is 310 g/mol. The molecule has 2 rings (SSSR count). The van der Waals surface area contributed by atoms with Gasteiger partial charge in [-0.1, -0.05) is 0 Å². The first-order valence-electron chi connectivity index (χ1n) is 7.09. The highest BCUT2D eigenvalue weighted by molar-refractivity contribution is 5.91. The van der Waals surface area contributed by atoms with Crippen molar-refractivity contribution in [2.24, 2.45) is 10.2 Å². The van der Waals surface area contributed by atoms with E-state index in [1.54, 1.807) is 48.3 Å². The Bertz CT molecular complexity index is 721. The van der Waals surface area contributed by atoms with Crippen LogP contribution >= 0.6 is 0 Å². The van der Waals surface area contributed by atoms with Crippen molar-refractivity contribution < 1.29 is 9.59 Å². The standard InChI is InChI=1S/C17H18N4O2/c1-12(22)18-14-4-6-15(7-5-14)19-20-16-8-10-17(11-9-16)21(3)13(2)23/h4-11H,1-3H3,(H,18,22). The van der Waals surface area contributed by atoms with Crippen LogP contribution in [0.1, 0.15) is 13.8 Å². The van der Waals surface area contributed by atoms with Crippen molar-refractivity contribution in [1.29, 1.82) is 0 Å². The van der Waals surface area contributed by atoms with E-state index in [9.17, 15) is 9.59 Å². The van der Waals surface area contributed by atoms with Crippen LogP contribution in [-0.4, -0.2) is 18.9 Å². The van der Waals surface area contributed by atoms with Gasteiger partial charge in [-0.05, 0) is 48.5 Å². The number of hydrogen-bond donors (Lipinski definition) is 1. The van der Waals surface area contributed by atoms with Crippen molar-refractivity contribution in [2.75, 3.05) is 17.3 Å². The molecule has 2 aromatic rings. The van der Waals surface area contributed by atoms with Gasteiger partial charge in [-0.3, -0.25) is 9.59 Å². The number of hydrogen-bond acceptors (Lipinski definition) is 4. The van der Waals surface area contributed by atoms with Gasteiger partial charge in [-0.2, -0.15) is 10.2 Å². The van der Waals surface area contributed by atoms with E-state index in [0.29, 0.717) is 17.1 Å². The summed E-state index contributed by atoms with van der Waals surface area (Å²) in [6.07, 6.45) is 0. The lowest BCUT2D eigenvalue weighted by Gasteiger charge is -2.14. The zero-order valence-corrected chi connectivity index (χ0v) is 13.3. The van der Waals surface area contributed by atoms with Gasteiger partial charge in [0.1, 0.15) is 0 Å². The smallest absolute Gasteiger partial charge is 0.223 e. The summed E-state index contributed by atoms with van der Waals surface area (Å²) in [5.41, 5.74) is 2.89. The van der Waals surface area contributed by atoms with Gasteiger partial charge in [-0.15, -0.1) is 0 Å². The first-order chi connectivity index (χ1) is 11.0. The van der Waals surface area contributed by atoms with Crippen LogP contribution in [0.5, 0.6) is 0 Å². The van der Waals surface area contributed by atoms with Crippen molar-refractivity contribution >= 4 is 34.6 Å². The maximum Gasteiger partial charge on any atom is 0.223 e. The van der Waals surface area contributed by atoms with Crippen LogP contribution in [0.3, 0.4) is 0 Å². The van der Waals surface area contributed by atoms with E-state index in [0.717, 1.165) is 5.69 Å².